The molecule has 172 valence electrons. The van der Waals surface area contributed by atoms with Crippen LogP contribution in [0.15, 0.2) is 54.6 Å². The minimum Gasteiger partial charge on any atom is -0.315 e. The van der Waals surface area contributed by atoms with Crippen LogP contribution in [0.2, 0.25) is 0 Å². The number of amides is 2. The van der Waals surface area contributed by atoms with Crippen molar-refractivity contribution in [3.63, 3.8) is 0 Å². The molecule has 34 heavy (non-hydrogen) atoms. The van der Waals surface area contributed by atoms with E-state index >= 15 is 0 Å². The van der Waals surface area contributed by atoms with Gasteiger partial charge in [-0.1, -0.05) is 30.3 Å². The maximum Gasteiger partial charge on any atom is 0.322 e. The number of urea groups is 1. The molecule has 0 saturated carbocycles. The van der Waals surface area contributed by atoms with Crippen molar-refractivity contribution < 1.29 is 4.79 Å². The van der Waals surface area contributed by atoms with Crippen molar-refractivity contribution >= 4 is 22.6 Å². The number of hydrogen-bond acceptors (Lipinski definition) is 4. The number of likely N-dealkylation sites (N-methyl/N-ethyl adjacent to an activating group) is 1. The highest BCUT2D eigenvalue weighted by Gasteiger charge is 2.40. The molecular formula is C27H28N6O. The molecule has 0 radical (unpaired) electrons. The summed E-state index contributed by atoms with van der Waals surface area (Å²) in [5, 5.41) is 12.0. The molecule has 2 aromatic carbocycles. The fourth-order valence-corrected chi connectivity index (χ4v) is 5.58. The molecule has 2 atom stereocenters. The Balaban J connectivity index is 1.38. The fourth-order valence-electron chi connectivity index (χ4n) is 5.58. The molecule has 2 aromatic heterocycles. The first kappa shape index (κ1) is 20.9. The molecule has 7 nitrogen and oxygen atoms in total. The summed E-state index contributed by atoms with van der Waals surface area (Å²) < 4.78 is 0. The van der Waals surface area contributed by atoms with Gasteiger partial charge in [-0.05, 0) is 56.3 Å². The van der Waals surface area contributed by atoms with Crippen LogP contribution in [0.3, 0.4) is 0 Å². The van der Waals surface area contributed by atoms with Gasteiger partial charge in [-0.15, -0.1) is 0 Å². The number of pyridine rings is 1. The SMILES string of the molecule is Cc1cc(-c2n[nH]c3cc4c(cc23)CN(C2CN(C)CC2c2ccccc2)C(=O)N4)cc(C)n1. The molecule has 0 spiro atoms. The molecule has 4 aromatic rings. The van der Waals surface area contributed by atoms with E-state index in [0.717, 1.165) is 57.9 Å². The average molecular weight is 453 g/mol. The molecule has 4 heterocycles. The van der Waals surface area contributed by atoms with E-state index in [2.05, 4.69) is 74.9 Å². The average Bonchev–Trinajstić information content (AvgIpc) is 3.40. The number of H-pyrrole nitrogens is 1. The van der Waals surface area contributed by atoms with Crippen LogP contribution in [0.4, 0.5) is 10.5 Å². The van der Waals surface area contributed by atoms with Crippen molar-refractivity contribution in [1.29, 1.82) is 0 Å². The number of carbonyl (C=O) groups is 1. The van der Waals surface area contributed by atoms with E-state index in [1.807, 2.05) is 30.9 Å². The van der Waals surface area contributed by atoms with E-state index in [1.165, 1.54) is 5.56 Å². The van der Waals surface area contributed by atoms with Gasteiger partial charge in [0.15, 0.2) is 0 Å². The molecule has 0 aliphatic carbocycles. The number of carbonyl (C=O) groups excluding carboxylic acids is 1. The summed E-state index contributed by atoms with van der Waals surface area (Å²) >= 11 is 0. The quantitative estimate of drug-likeness (QED) is 0.473. The summed E-state index contributed by atoms with van der Waals surface area (Å²) in [4.78, 5) is 22.1. The molecule has 2 unspecified atom stereocenters. The number of aryl methyl sites for hydroxylation is 2. The van der Waals surface area contributed by atoms with E-state index in [4.69, 9.17) is 0 Å². The number of fused-ring (bicyclic) bond motifs is 2. The lowest BCUT2D eigenvalue weighted by Gasteiger charge is -2.36. The molecule has 1 saturated heterocycles. The van der Waals surface area contributed by atoms with Gasteiger partial charge in [-0.3, -0.25) is 10.1 Å². The van der Waals surface area contributed by atoms with Gasteiger partial charge >= 0.3 is 6.03 Å². The van der Waals surface area contributed by atoms with Crippen LogP contribution < -0.4 is 5.32 Å². The third-order valence-corrected chi connectivity index (χ3v) is 7.08. The minimum absolute atomic E-state index is 0.0341. The molecule has 2 aliphatic rings. The maximum atomic E-state index is 13.2. The van der Waals surface area contributed by atoms with Crippen LogP contribution in [0.25, 0.3) is 22.2 Å². The standard InChI is InChI=1S/C27H28N6O/c1-16-9-19(10-17(2)28-16)26-21-11-20-13-33(27(34)29-23(20)12-24(21)30-31-26)25-15-32(3)14-22(25)18-7-5-4-6-8-18/h4-12,22,25H,13-15H2,1-3H3,(H,29,34)(H,30,31). The predicted octanol–water partition coefficient (Wildman–Crippen LogP) is 4.69. The van der Waals surface area contributed by atoms with Crippen molar-refractivity contribution in [2.75, 3.05) is 25.5 Å². The lowest BCUT2D eigenvalue weighted by atomic mass is 9.92. The highest BCUT2D eigenvalue weighted by molar-refractivity contribution is 6.00. The molecule has 2 aliphatic heterocycles. The second-order valence-electron chi connectivity index (χ2n) is 9.63. The number of aromatic nitrogens is 3. The van der Waals surface area contributed by atoms with E-state index in [0.29, 0.717) is 6.54 Å². The summed E-state index contributed by atoms with van der Waals surface area (Å²) in [7, 11) is 2.13. The number of hydrogen-bond donors (Lipinski definition) is 2. The Morgan fingerprint density at radius 2 is 1.76 bits per heavy atom. The first-order chi connectivity index (χ1) is 16.5. The van der Waals surface area contributed by atoms with E-state index in [-0.39, 0.29) is 18.0 Å². The molecular weight excluding hydrogens is 424 g/mol. The Bertz CT molecular complexity index is 1380. The molecule has 2 amide bonds. The number of nitrogens with one attached hydrogen (secondary N) is 2. The molecule has 7 heteroatoms. The van der Waals surface area contributed by atoms with Gasteiger partial charge in [0.05, 0.1) is 11.6 Å². The van der Waals surface area contributed by atoms with E-state index in [1.54, 1.807) is 0 Å². The lowest BCUT2D eigenvalue weighted by Crippen LogP contribution is -2.48. The summed E-state index contributed by atoms with van der Waals surface area (Å²) in [6.07, 6.45) is 0. The molecule has 2 N–H and O–H groups in total. The van der Waals surface area contributed by atoms with Crippen LogP contribution in [0.5, 0.6) is 0 Å². The van der Waals surface area contributed by atoms with E-state index in [9.17, 15) is 4.79 Å². The lowest BCUT2D eigenvalue weighted by molar-refractivity contribution is 0.177. The first-order valence-corrected chi connectivity index (χ1v) is 11.7. The van der Waals surface area contributed by atoms with Crippen molar-refractivity contribution in [2.45, 2.75) is 32.4 Å². The molecule has 6 rings (SSSR count). The third-order valence-electron chi connectivity index (χ3n) is 7.08. The van der Waals surface area contributed by atoms with Crippen LogP contribution in [-0.2, 0) is 6.54 Å². The van der Waals surface area contributed by atoms with Crippen molar-refractivity contribution in [3.8, 4) is 11.3 Å². The molecule has 0 bridgehead atoms. The van der Waals surface area contributed by atoms with Crippen LogP contribution in [0.1, 0.15) is 28.4 Å². The number of rotatable bonds is 3. The van der Waals surface area contributed by atoms with Gasteiger partial charge in [0.1, 0.15) is 5.69 Å². The summed E-state index contributed by atoms with van der Waals surface area (Å²) in [6, 6.07) is 18.9. The van der Waals surface area contributed by atoms with Crippen LogP contribution >= 0.6 is 0 Å². The summed E-state index contributed by atoms with van der Waals surface area (Å²) in [5.41, 5.74) is 8.07. The predicted molar refractivity (Wildman–Crippen MR) is 134 cm³/mol. The summed E-state index contributed by atoms with van der Waals surface area (Å²) in [5.74, 6) is 0.287. The first-order valence-electron chi connectivity index (χ1n) is 11.7. The number of likely N-dealkylation sites (tertiary alicyclic amines) is 1. The highest BCUT2D eigenvalue weighted by atomic mass is 16.2. The maximum absolute atomic E-state index is 13.2. The monoisotopic (exact) mass is 452 g/mol. The Labute approximate surface area is 198 Å². The van der Waals surface area contributed by atoms with Gasteiger partial charge in [0.25, 0.3) is 0 Å². The largest absolute Gasteiger partial charge is 0.322 e. The smallest absolute Gasteiger partial charge is 0.315 e. The number of nitrogens with zero attached hydrogens (tertiary/aromatic N) is 4. The number of anilines is 1. The third kappa shape index (κ3) is 3.53. The van der Waals surface area contributed by atoms with Crippen molar-refractivity contribution in [2.24, 2.45) is 0 Å². The zero-order chi connectivity index (χ0) is 23.4. The highest BCUT2D eigenvalue weighted by Crippen LogP contribution is 2.37. The second-order valence-corrected chi connectivity index (χ2v) is 9.63. The van der Waals surface area contributed by atoms with E-state index < -0.39 is 0 Å². The van der Waals surface area contributed by atoms with Crippen LogP contribution in [0, 0.1) is 13.8 Å². The van der Waals surface area contributed by atoms with Gasteiger partial charge in [-0.25, -0.2) is 4.79 Å². The normalized spacial score (nSPS) is 20.6. The topological polar surface area (TPSA) is 77.2 Å². The number of benzene rings is 2. The second kappa shape index (κ2) is 7.95. The minimum atomic E-state index is -0.0341. The number of aromatic amines is 1. The Morgan fingerprint density at radius 1 is 1.00 bits per heavy atom. The van der Waals surface area contributed by atoms with Crippen molar-refractivity contribution in [3.05, 3.63) is 77.1 Å². The zero-order valence-electron chi connectivity index (χ0n) is 19.7. The Kier molecular flexibility index (Phi) is 4.88. The Morgan fingerprint density at radius 3 is 2.53 bits per heavy atom. The van der Waals surface area contributed by atoms with Gasteiger partial charge < -0.3 is 15.1 Å². The summed E-state index contributed by atoms with van der Waals surface area (Å²) in [6.45, 7) is 6.39. The Hall–Kier alpha value is -3.71. The van der Waals surface area contributed by atoms with Crippen molar-refractivity contribution in [1.82, 2.24) is 25.0 Å². The van der Waals surface area contributed by atoms with Gasteiger partial charge in [0, 0.05) is 53.6 Å². The molecule has 1 fully saturated rings. The van der Waals surface area contributed by atoms with Gasteiger partial charge in [0.2, 0.25) is 0 Å². The van der Waals surface area contributed by atoms with Crippen LogP contribution in [-0.4, -0.2) is 57.2 Å². The van der Waals surface area contributed by atoms with Gasteiger partial charge in [-0.2, -0.15) is 5.10 Å². The zero-order valence-corrected chi connectivity index (χ0v) is 19.7. The fraction of sp³-hybridized carbons (Fsp3) is 0.296.